The van der Waals surface area contributed by atoms with E-state index in [2.05, 4.69) is 29.9 Å². The second kappa shape index (κ2) is 2.63. The minimum atomic E-state index is 0.558. The molecule has 0 atom stereocenters. The molecule has 3 heterocycles. The summed E-state index contributed by atoms with van der Waals surface area (Å²) >= 11 is 0. The van der Waals surface area contributed by atoms with Gasteiger partial charge in [0, 0.05) is 0 Å². The van der Waals surface area contributed by atoms with Gasteiger partial charge in [0.05, 0.1) is 12.4 Å². The number of fused-ring (bicyclic) bond motifs is 2. The molecule has 0 saturated carbocycles. The van der Waals surface area contributed by atoms with E-state index in [1.807, 2.05) is 0 Å². The summed E-state index contributed by atoms with van der Waals surface area (Å²) in [6, 6.07) is 0. The molecule has 0 amide bonds. The molecular formula is C8H4N6. The number of hydrogen-bond acceptors (Lipinski definition) is 6. The van der Waals surface area contributed by atoms with E-state index < -0.39 is 0 Å². The van der Waals surface area contributed by atoms with Crippen molar-refractivity contribution in [2.45, 2.75) is 0 Å². The first kappa shape index (κ1) is 7.19. The van der Waals surface area contributed by atoms with Crippen LogP contribution in [0.5, 0.6) is 0 Å². The highest BCUT2D eigenvalue weighted by Gasteiger charge is 2.01. The Morgan fingerprint density at radius 2 is 1.21 bits per heavy atom. The first-order chi connectivity index (χ1) is 6.93. The number of nitrogens with zero attached hydrogens (tertiary/aromatic N) is 6. The van der Waals surface area contributed by atoms with Crippen LogP contribution >= 0.6 is 0 Å². The van der Waals surface area contributed by atoms with Crippen LogP contribution in [0.4, 0.5) is 0 Å². The van der Waals surface area contributed by atoms with Gasteiger partial charge in [-0.05, 0) is 0 Å². The molecule has 3 aromatic heterocycles. The summed E-state index contributed by atoms with van der Waals surface area (Å²) < 4.78 is 0. The first-order valence-electron chi connectivity index (χ1n) is 3.97. The van der Waals surface area contributed by atoms with Crippen LogP contribution in [0.3, 0.4) is 0 Å². The van der Waals surface area contributed by atoms with Crippen LogP contribution in [0.25, 0.3) is 22.3 Å². The van der Waals surface area contributed by atoms with Crippen molar-refractivity contribution in [1.29, 1.82) is 0 Å². The van der Waals surface area contributed by atoms with Gasteiger partial charge in [-0.25, -0.2) is 29.9 Å². The second-order valence-corrected chi connectivity index (χ2v) is 2.69. The Bertz CT molecular complexity index is 503. The normalized spacial score (nSPS) is 10.9. The molecule has 0 radical (unpaired) electrons. The molecule has 14 heavy (non-hydrogen) atoms. The van der Waals surface area contributed by atoms with Crippen LogP contribution < -0.4 is 0 Å². The topological polar surface area (TPSA) is 77.3 Å². The van der Waals surface area contributed by atoms with Crippen molar-refractivity contribution in [3.05, 3.63) is 25.0 Å². The van der Waals surface area contributed by atoms with Crippen molar-refractivity contribution >= 4 is 22.3 Å². The van der Waals surface area contributed by atoms with Gasteiger partial charge in [-0.2, -0.15) is 0 Å². The summed E-state index contributed by atoms with van der Waals surface area (Å²) in [5.41, 5.74) is 2.39. The van der Waals surface area contributed by atoms with Crippen LogP contribution in [0.1, 0.15) is 0 Å². The van der Waals surface area contributed by atoms with E-state index in [0.717, 1.165) is 0 Å². The van der Waals surface area contributed by atoms with Crippen molar-refractivity contribution < 1.29 is 0 Å². The molecule has 0 aliphatic carbocycles. The van der Waals surface area contributed by atoms with E-state index in [1.54, 1.807) is 12.4 Å². The first-order valence-corrected chi connectivity index (χ1v) is 3.97. The molecule has 0 aliphatic heterocycles. The van der Waals surface area contributed by atoms with Gasteiger partial charge >= 0.3 is 0 Å². The highest BCUT2D eigenvalue weighted by Crippen LogP contribution is 2.08. The average molecular weight is 184 g/mol. The van der Waals surface area contributed by atoms with Gasteiger partial charge in [-0.1, -0.05) is 0 Å². The van der Waals surface area contributed by atoms with Gasteiger partial charge in [0.2, 0.25) is 0 Å². The van der Waals surface area contributed by atoms with Gasteiger partial charge in [-0.3, -0.25) is 0 Å². The Hall–Kier alpha value is -2.24. The van der Waals surface area contributed by atoms with Crippen LogP contribution in [-0.4, -0.2) is 29.9 Å². The lowest BCUT2D eigenvalue weighted by atomic mass is 10.4. The van der Waals surface area contributed by atoms with Crippen LogP contribution in [-0.2, 0) is 0 Å². The Kier molecular flexibility index (Phi) is 1.35. The van der Waals surface area contributed by atoms with Crippen molar-refractivity contribution in [3.63, 3.8) is 0 Å². The molecule has 6 nitrogen and oxygen atoms in total. The standard InChI is InChI=1S/C8H4N6/c1-5-7(11-3-9-1)14-6-2-10-4-12-8(6)13-5/h1-4H. The third-order valence-corrected chi connectivity index (χ3v) is 1.80. The molecule has 0 saturated heterocycles. The summed E-state index contributed by atoms with van der Waals surface area (Å²) in [5.74, 6) is 0. The predicted molar refractivity (Wildman–Crippen MR) is 48.2 cm³/mol. The van der Waals surface area contributed by atoms with Crippen LogP contribution in [0.2, 0.25) is 0 Å². The van der Waals surface area contributed by atoms with Gasteiger partial charge in [-0.15, -0.1) is 0 Å². The van der Waals surface area contributed by atoms with Gasteiger partial charge in [0.15, 0.2) is 11.3 Å². The maximum Gasteiger partial charge on any atom is 0.182 e. The van der Waals surface area contributed by atoms with E-state index in [9.17, 15) is 0 Å². The molecule has 0 bridgehead atoms. The molecule has 0 unspecified atom stereocenters. The van der Waals surface area contributed by atoms with E-state index in [0.29, 0.717) is 22.3 Å². The summed E-state index contributed by atoms with van der Waals surface area (Å²) in [6.45, 7) is 0. The van der Waals surface area contributed by atoms with Crippen molar-refractivity contribution in [1.82, 2.24) is 29.9 Å². The summed E-state index contributed by atoms with van der Waals surface area (Å²) in [5, 5.41) is 0. The zero-order chi connectivity index (χ0) is 9.38. The third kappa shape index (κ3) is 0.972. The van der Waals surface area contributed by atoms with Crippen molar-refractivity contribution in [2.75, 3.05) is 0 Å². The summed E-state index contributed by atoms with van der Waals surface area (Å²) in [6.07, 6.45) is 6.09. The molecule has 0 spiro atoms. The Balaban J connectivity index is 2.52. The van der Waals surface area contributed by atoms with Crippen molar-refractivity contribution in [3.8, 4) is 0 Å². The lowest BCUT2D eigenvalue weighted by Crippen LogP contribution is -1.93. The monoisotopic (exact) mass is 184 g/mol. The van der Waals surface area contributed by atoms with Crippen molar-refractivity contribution in [2.24, 2.45) is 0 Å². The fourth-order valence-electron chi connectivity index (χ4n) is 1.19. The summed E-state index contributed by atoms with van der Waals surface area (Å²) in [4.78, 5) is 24.2. The molecule has 6 heteroatoms. The van der Waals surface area contributed by atoms with E-state index in [-0.39, 0.29) is 0 Å². The minimum absolute atomic E-state index is 0.558. The van der Waals surface area contributed by atoms with Gasteiger partial charge in [0.25, 0.3) is 0 Å². The molecule has 0 fully saturated rings. The maximum absolute atomic E-state index is 4.24. The van der Waals surface area contributed by atoms with E-state index in [4.69, 9.17) is 0 Å². The Morgan fingerprint density at radius 3 is 1.71 bits per heavy atom. The lowest BCUT2D eigenvalue weighted by molar-refractivity contribution is 1.13. The number of aromatic nitrogens is 6. The Morgan fingerprint density at radius 1 is 0.714 bits per heavy atom. The quantitative estimate of drug-likeness (QED) is 0.469. The minimum Gasteiger partial charge on any atom is -0.242 e. The fraction of sp³-hybridized carbons (Fsp3) is 0. The molecule has 3 aromatic rings. The van der Waals surface area contributed by atoms with E-state index >= 15 is 0 Å². The zero-order valence-electron chi connectivity index (χ0n) is 6.99. The van der Waals surface area contributed by atoms with Crippen LogP contribution in [0.15, 0.2) is 25.0 Å². The SMILES string of the molecule is c1ncc2nc3ncncc3nc2n1. The number of hydrogen-bond donors (Lipinski definition) is 0. The number of rotatable bonds is 0. The smallest absolute Gasteiger partial charge is 0.182 e. The molecule has 0 N–H and O–H groups in total. The fourth-order valence-corrected chi connectivity index (χ4v) is 1.19. The highest BCUT2D eigenvalue weighted by atomic mass is 15.0. The second-order valence-electron chi connectivity index (χ2n) is 2.69. The maximum atomic E-state index is 4.24. The molecule has 66 valence electrons. The average Bonchev–Trinajstić information content (AvgIpc) is 2.26. The van der Waals surface area contributed by atoms with Crippen LogP contribution in [0, 0.1) is 0 Å². The third-order valence-electron chi connectivity index (χ3n) is 1.80. The largest absolute Gasteiger partial charge is 0.242 e. The predicted octanol–water partition coefficient (Wildman–Crippen LogP) is 0.363. The van der Waals surface area contributed by atoms with Gasteiger partial charge in [0.1, 0.15) is 23.7 Å². The zero-order valence-corrected chi connectivity index (χ0v) is 6.99. The van der Waals surface area contributed by atoms with E-state index in [1.165, 1.54) is 12.7 Å². The lowest BCUT2D eigenvalue weighted by Gasteiger charge is -1.96. The highest BCUT2D eigenvalue weighted by molar-refractivity contribution is 5.80. The molecule has 0 aliphatic rings. The molecular weight excluding hydrogens is 180 g/mol. The Labute approximate surface area is 78.1 Å². The molecule has 3 rings (SSSR count). The van der Waals surface area contributed by atoms with Gasteiger partial charge < -0.3 is 0 Å². The summed E-state index contributed by atoms with van der Waals surface area (Å²) in [7, 11) is 0. The molecule has 0 aromatic carbocycles.